The first kappa shape index (κ1) is 16.3. The van der Waals surface area contributed by atoms with Gasteiger partial charge >= 0.3 is 0 Å². The highest BCUT2D eigenvalue weighted by atomic mass is 16.5. The maximum absolute atomic E-state index is 11.7. The van der Waals surface area contributed by atoms with E-state index in [2.05, 4.69) is 4.99 Å². The number of carbonyl (C=O) groups is 2. The van der Waals surface area contributed by atoms with E-state index >= 15 is 0 Å². The molecule has 0 saturated carbocycles. The van der Waals surface area contributed by atoms with Crippen LogP contribution in [0.25, 0.3) is 11.0 Å². The van der Waals surface area contributed by atoms with E-state index < -0.39 is 11.8 Å². The Morgan fingerprint density at radius 3 is 2.32 bits per heavy atom. The fourth-order valence-electron chi connectivity index (χ4n) is 2.30. The smallest absolute Gasteiger partial charge is 0.254 e. The van der Waals surface area contributed by atoms with Crippen LogP contribution < -0.4 is 21.8 Å². The summed E-state index contributed by atoms with van der Waals surface area (Å²) in [4.78, 5) is 27.2. The van der Waals surface area contributed by atoms with E-state index in [1.54, 1.807) is 43.5 Å². The van der Waals surface area contributed by atoms with Gasteiger partial charge in [-0.1, -0.05) is 0 Å². The molecule has 0 bridgehead atoms. The lowest BCUT2D eigenvalue weighted by molar-refractivity contribution is 0.0989. The minimum absolute atomic E-state index is 0.0695. The summed E-state index contributed by atoms with van der Waals surface area (Å²) in [5.74, 6) is -0.583. The summed E-state index contributed by atoms with van der Waals surface area (Å²) in [5.41, 5.74) is 12.2. The molecule has 7 heteroatoms. The monoisotopic (exact) mass is 337 g/mol. The van der Waals surface area contributed by atoms with E-state index in [9.17, 15) is 9.59 Å². The Balaban J connectivity index is 2.19. The van der Waals surface area contributed by atoms with Gasteiger partial charge in [0.1, 0.15) is 16.9 Å². The number of amides is 2. The molecule has 0 radical (unpaired) electrons. The number of fused-ring (bicyclic) bond motifs is 1. The SMILES string of the molecule is COc1ccc2cc(C(N)=O)c(=Nc3ccc(C(N)=O)cc3)oc2c1. The van der Waals surface area contributed by atoms with Gasteiger partial charge < -0.3 is 20.6 Å². The molecule has 0 spiro atoms. The molecule has 3 aromatic rings. The molecule has 1 aromatic heterocycles. The number of nitrogens with zero attached hydrogens (tertiary/aromatic N) is 1. The van der Waals surface area contributed by atoms with Crippen molar-refractivity contribution < 1.29 is 18.7 Å². The summed E-state index contributed by atoms with van der Waals surface area (Å²) < 4.78 is 10.9. The van der Waals surface area contributed by atoms with Gasteiger partial charge in [0, 0.05) is 17.0 Å². The highest BCUT2D eigenvalue weighted by Crippen LogP contribution is 2.21. The molecule has 1 heterocycles. The Morgan fingerprint density at radius 2 is 1.72 bits per heavy atom. The van der Waals surface area contributed by atoms with Gasteiger partial charge in [-0.05, 0) is 42.5 Å². The second-order valence-corrected chi connectivity index (χ2v) is 5.26. The van der Waals surface area contributed by atoms with E-state index in [0.29, 0.717) is 28.0 Å². The van der Waals surface area contributed by atoms with E-state index in [1.165, 1.54) is 12.1 Å². The second-order valence-electron chi connectivity index (χ2n) is 5.26. The average Bonchev–Trinajstić information content (AvgIpc) is 2.60. The first-order valence-corrected chi connectivity index (χ1v) is 7.34. The van der Waals surface area contributed by atoms with Crippen LogP contribution in [0, 0.1) is 0 Å². The molecule has 0 aliphatic heterocycles. The van der Waals surface area contributed by atoms with Crippen LogP contribution >= 0.6 is 0 Å². The fraction of sp³-hybridized carbons (Fsp3) is 0.0556. The Kier molecular flexibility index (Phi) is 4.21. The molecule has 25 heavy (non-hydrogen) atoms. The van der Waals surface area contributed by atoms with E-state index in [-0.39, 0.29) is 11.1 Å². The predicted molar refractivity (Wildman–Crippen MR) is 91.5 cm³/mol. The van der Waals surface area contributed by atoms with Crippen molar-refractivity contribution in [1.82, 2.24) is 0 Å². The van der Waals surface area contributed by atoms with Gasteiger partial charge in [0.25, 0.3) is 5.91 Å². The number of carbonyl (C=O) groups excluding carboxylic acids is 2. The zero-order chi connectivity index (χ0) is 18.0. The molecule has 0 atom stereocenters. The Morgan fingerprint density at radius 1 is 1.00 bits per heavy atom. The summed E-state index contributed by atoms with van der Waals surface area (Å²) in [6, 6.07) is 13.1. The highest BCUT2D eigenvalue weighted by Gasteiger charge is 2.10. The summed E-state index contributed by atoms with van der Waals surface area (Å²) >= 11 is 0. The van der Waals surface area contributed by atoms with Crippen LogP contribution in [0.4, 0.5) is 5.69 Å². The van der Waals surface area contributed by atoms with Crippen LogP contribution in [0.15, 0.2) is 57.9 Å². The molecule has 2 aromatic carbocycles. The van der Waals surface area contributed by atoms with Gasteiger partial charge in [-0.3, -0.25) is 9.59 Å². The van der Waals surface area contributed by atoms with Crippen molar-refractivity contribution in [3.05, 3.63) is 65.2 Å². The first-order valence-electron chi connectivity index (χ1n) is 7.34. The third kappa shape index (κ3) is 3.35. The van der Waals surface area contributed by atoms with Crippen molar-refractivity contribution in [1.29, 1.82) is 0 Å². The molecule has 0 aliphatic rings. The summed E-state index contributed by atoms with van der Waals surface area (Å²) in [6.07, 6.45) is 0. The van der Waals surface area contributed by atoms with Crippen LogP contribution in [0.2, 0.25) is 0 Å². The van der Waals surface area contributed by atoms with Crippen LogP contribution in [0.3, 0.4) is 0 Å². The summed E-state index contributed by atoms with van der Waals surface area (Å²) in [6.45, 7) is 0. The predicted octanol–water partition coefficient (Wildman–Crippen LogP) is 1.87. The Hall–Kier alpha value is -3.61. The summed E-state index contributed by atoms with van der Waals surface area (Å²) in [7, 11) is 1.55. The van der Waals surface area contributed by atoms with E-state index in [0.717, 1.165) is 0 Å². The molecule has 7 nitrogen and oxygen atoms in total. The van der Waals surface area contributed by atoms with Gasteiger partial charge in [0.15, 0.2) is 0 Å². The second kappa shape index (κ2) is 6.48. The first-order chi connectivity index (χ1) is 12.0. The van der Waals surface area contributed by atoms with Crippen molar-refractivity contribution in [2.75, 3.05) is 7.11 Å². The van der Waals surface area contributed by atoms with Gasteiger partial charge in [-0.15, -0.1) is 0 Å². The Bertz CT molecular complexity index is 1040. The summed E-state index contributed by atoms with van der Waals surface area (Å²) in [5, 5.41) is 0.692. The van der Waals surface area contributed by atoms with Gasteiger partial charge in [0.2, 0.25) is 11.5 Å². The topological polar surface area (TPSA) is 121 Å². The third-order valence-electron chi connectivity index (χ3n) is 3.61. The number of nitrogens with two attached hydrogens (primary N) is 2. The molecule has 0 aliphatic carbocycles. The van der Waals surface area contributed by atoms with Crippen molar-refractivity contribution in [2.45, 2.75) is 0 Å². The molecular weight excluding hydrogens is 322 g/mol. The number of rotatable bonds is 4. The van der Waals surface area contributed by atoms with Crippen LogP contribution in [0.5, 0.6) is 5.75 Å². The number of ether oxygens (including phenoxy) is 1. The number of hydrogen-bond donors (Lipinski definition) is 2. The molecular formula is C18H15N3O4. The molecule has 126 valence electrons. The lowest BCUT2D eigenvalue weighted by atomic mass is 10.1. The van der Waals surface area contributed by atoms with E-state index in [4.69, 9.17) is 20.6 Å². The van der Waals surface area contributed by atoms with Gasteiger partial charge in [-0.2, -0.15) is 0 Å². The molecule has 4 N–H and O–H groups in total. The van der Waals surface area contributed by atoms with Crippen molar-refractivity contribution in [3.63, 3.8) is 0 Å². The number of methoxy groups -OCH3 is 1. The van der Waals surface area contributed by atoms with Crippen LogP contribution in [-0.2, 0) is 0 Å². The Labute approximate surface area is 142 Å². The third-order valence-corrected chi connectivity index (χ3v) is 3.61. The average molecular weight is 337 g/mol. The van der Waals surface area contributed by atoms with Crippen molar-refractivity contribution >= 4 is 28.5 Å². The van der Waals surface area contributed by atoms with Crippen molar-refractivity contribution in [3.8, 4) is 5.75 Å². The van der Waals surface area contributed by atoms with Crippen molar-refractivity contribution in [2.24, 2.45) is 16.5 Å². The minimum Gasteiger partial charge on any atom is -0.497 e. The van der Waals surface area contributed by atoms with Gasteiger partial charge in [0.05, 0.1) is 12.8 Å². The number of benzene rings is 2. The maximum atomic E-state index is 11.7. The lowest BCUT2D eigenvalue weighted by Crippen LogP contribution is -2.21. The number of primary amides is 2. The quantitative estimate of drug-likeness (QED) is 0.754. The molecule has 0 fully saturated rings. The zero-order valence-corrected chi connectivity index (χ0v) is 13.4. The highest BCUT2D eigenvalue weighted by molar-refractivity contribution is 5.95. The van der Waals surface area contributed by atoms with E-state index in [1.807, 2.05) is 0 Å². The number of hydrogen-bond acceptors (Lipinski definition) is 5. The zero-order valence-electron chi connectivity index (χ0n) is 13.4. The van der Waals surface area contributed by atoms with Gasteiger partial charge in [-0.25, -0.2) is 4.99 Å². The molecule has 0 unspecified atom stereocenters. The molecule has 2 amide bonds. The normalized spacial score (nSPS) is 11.5. The van der Waals surface area contributed by atoms with Crippen LogP contribution in [-0.4, -0.2) is 18.9 Å². The molecule has 3 rings (SSSR count). The lowest BCUT2D eigenvalue weighted by Gasteiger charge is -2.04. The fourth-order valence-corrected chi connectivity index (χ4v) is 2.30. The minimum atomic E-state index is -0.658. The molecule has 0 saturated heterocycles. The largest absolute Gasteiger partial charge is 0.497 e. The standard InChI is InChI=1S/C18H15N3O4/c1-24-13-7-4-11-8-14(17(20)23)18(25-15(11)9-13)21-12-5-2-10(3-6-12)16(19)22/h2-9H,1H3,(H2,19,22)(H2,20,23). The van der Waals surface area contributed by atoms with Crippen LogP contribution in [0.1, 0.15) is 20.7 Å². The maximum Gasteiger partial charge on any atom is 0.254 e.